The number of rotatable bonds is 5. The Morgan fingerprint density at radius 3 is 2.42 bits per heavy atom. The fraction of sp³-hybridized carbons (Fsp3) is 0.263. The average Bonchev–Trinajstić information content (AvgIpc) is 3.04. The molecule has 1 heterocycles. The third-order valence-corrected chi connectivity index (χ3v) is 4.40. The number of carbonyl (C=O) groups excluding carboxylic acids is 2. The van der Waals surface area contributed by atoms with Crippen LogP contribution in [0, 0.1) is 5.92 Å². The molecule has 0 aromatic heterocycles. The summed E-state index contributed by atoms with van der Waals surface area (Å²) >= 11 is 6.04. The van der Waals surface area contributed by atoms with Gasteiger partial charge in [0.05, 0.1) is 25.8 Å². The van der Waals surface area contributed by atoms with E-state index in [0.717, 1.165) is 0 Å². The van der Waals surface area contributed by atoms with Crippen molar-refractivity contribution in [2.75, 3.05) is 25.7 Å². The minimum atomic E-state index is -0.562. The molecule has 0 unspecified atom stereocenters. The predicted molar refractivity (Wildman–Crippen MR) is 97.1 cm³/mol. The average molecular weight is 376 g/mol. The van der Waals surface area contributed by atoms with Crippen LogP contribution >= 0.6 is 11.6 Å². The molecule has 0 saturated carbocycles. The van der Waals surface area contributed by atoms with Gasteiger partial charge in [0, 0.05) is 18.0 Å². The van der Waals surface area contributed by atoms with E-state index in [-0.39, 0.29) is 18.9 Å². The maximum atomic E-state index is 12.4. The number of methoxy groups -OCH3 is 2. The Morgan fingerprint density at radius 1 is 1.08 bits per heavy atom. The van der Waals surface area contributed by atoms with Crippen molar-refractivity contribution in [1.82, 2.24) is 0 Å². The van der Waals surface area contributed by atoms with E-state index in [4.69, 9.17) is 25.8 Å². The molecule has 1 aliphatic rings. The van der Waals surface area contributed by atoms with Gasteiger partial charge in [-0.15, -0.1) is 0 Å². The summed E-state index contributed by atoms with van der Waals surface area (Å²) in [6.45, 7) is 0.213. The van der Waals surface area contributed by atoms with Crippen molar-refractivity contribution in [3.8, 4) is 17.2 Å². The highest BCUT2D eigenvalue weighted by molar-refractivity contribution is 6.31. The fourth-order valence-corrected chi connectivity index (χ4v) is 2.98. The third-order valence-electron chi connectivity index (χ3n) is 4.17. The van der Waals surface area contributed by atoms with Crippen LogP contribution in [0.15, 0.2) is 42.5 Å². The Hall–Kier alpha value is -2.73. The number of hydrogen-bond acceptors (Lipinski definition) is 5. The van der Waals surface area contributed by atoms with Gasteiger partial charge >= 0.3 is 5.97 Å². The van der Waals surface area contributed by atoms with Crippen LogP contribution < -0.4 is 19.1 Å². The minimum Gasteiger partial charge on any atom is -0.497 e. The number of hydrogen-bond donors (Lipinski definition) is 0. The summed E-state index contributed by atoms with van der Waals surface area (Å²) in [5, 5.41) is 0.484. The second-order valence-electron chi connectivity index (χ2n) is 5.82. The van der Waals surface area contributed by atoms with Crippen molar-refractivity contribution in [3.63, 3.8) is 0 Å². The van der Waals surface area contributed by atoms with Crippen molar-refractivity contribution in [2.45, 2.75) is 6.42 Å². The van der Waals surface area contributed by atoms with E-state index in [9.17, 15) is 9.59 Å². The lowest BCUT2D eigenvalue weighted by Gasteiger charge is -2.19. The van der Waals surface area contributed by atoms with Crippen LogP contribution in [0.3, 0.4) is 0 Å². The van der Waals surface area contributed by atoms with Gasteiger partial charge < -0.3 is 19.1 Å². The Morgan fingerprint density at radius 2 is 1.77 bits per heavy atom. The van der Waals surface area contributed by atoms with E-state index in [1.165, 1.54) is 12.0 Å². The standard InChI is InChI=1S/C19H18ClNO5/c1-24-14-4-6-15(7-5-14)26-19(23)12-9-18(22)21(11-12)16-10-13(20)3-8-17(16)25-2/h3-8,10,12H,9,11H2,1-2H3/t12-/m0/s1. The van der Waals surface area contributed by atoms with Crippen LogP contribution in [0.25, 0.3) is 0 Å². The minimum absolute atomic E-state index is 0.0741. The topological polar surface area (TPSA) is 65.1 Å². The Bertz CT molecular complexity index is 821. The van der Waals surface area contributed by atoms with Gasteiger partial charge in [-0.2, -0.15) is 0 Å². The number of halogens is 1. The number of esters is 1. The van der Waals surface area contributed by atoms with Crippen molar-refractivity contribution in [1.29, 1.82) is 0 Å². The van der Waals surface area contributed by atoms with Gasteiger partial charge in [-0.05, 0) is 42.5 Å². The second kappa shape index (κ2) is 7.66. The summed E-state index contributed by atoms with van der Waals surface area (Å²) in [4.78, 5) is 26.3. The first kappa shape index (κ1) is 18.1. The van der Waals surface area contributed by atoms with Gasteiger partial charge in [0.2, 0.25) is 5.91 Å². The first-order chi connectivity index (χ1) is 12.5. The molecule has 26 heavy (non-hydrogen) atoms. The van der Waals surface area contributed by atoms with Crippen LogP contribution in [0.2, 0.25) is 5.02 Å². The molecule has 0 aliphatic carbocycles. The van der Waals surface area contributed by atoms with Crippen molar-refractivity contribution < 1.29 is 23.8 Å². The Balaban J connectivity index is 1.72. The number of amides is 1. The molecule has 1 amide bonds. The number of carbonyl (C=O) groups is 2. The molecular weight excluding hydrogens is 358 g/mol. The first-order valence-corrected chi connectivity index (χ1v) is 8.39. The van der Waals surface area contributed by atoms with Crippen molar-refractivity contribution >= 4 is 29.2 Å². The number of ether oxygens (including phenoxy) is 3. The SMILES string of the molecule is COc1ccc(OC(=O)[C@H]2CC(=O)N(c3cc(Cl)ccc3OC)C2)cc1. The lowest BCUT2D eigenvalue weighted by molar-refractivity contribution is -0.139. The monoisotopic (exact) mass is 375 g/mol. The molecule has 0 spiro atoms. The zero-order valence-electron chi connectivity index (χ0n) is 14.4. The van der Waals surface area contributed by atoms with Gasteiger partial charge in [-0.3, -0.25) is 9.59 Å². The molecule has 7 heteroatoms. The summed E-state index contributed by atoms with van der Waals surface area (Å²) in [7, 11) is 3.08. The molecule has 2 aromatic carbocycles. The smallest absolute Gasteiger partial charge is 0.316 e. The molecule has 0 radical (unpaired) electrons. The molecule has 1 atom stereocenters. The number of nitrogens with zero attached hydrogens (tertiary/aromatic N) is 1. The van der Waals surface area contributed by atoms with Gasteiger partial charge in [-0.25, -0.2) is 0 Å². The second-order valence-corrected chi connectivity index (χ2v) is 6.25. The summed E-state index contributed by atoms with van der Waals surface area (Å²) < 4.78 is 15.7. The summed E-state index contributed by atoms with van der Waals surface area (Å²) in [6.07, 6.45) is 0.0741. The Labute approximate surface area is 156 Å². The molecule has 3 rings (SSSR count). The van der Waals surface area contributed by atoms with E-state index < -0.39 is 11.9 Å². The molecular formula is C19H18ClNO5. The molecule has 1 fully saturated rings. The molecule has 136 valence electrons. The van der Waals surface area contributed by atoms with E-state index in [1.807, 2.05) is 0 Å². The third kappa shape index (κ3) is 3.75. The highest BCUT2D eigenvalue weighted by Gasteiger charge is 2.37. The normalized spacial score (nSPS) is 16.5. The summed E-state index contributed by atoms with van der Waals surface area (Å²) in [5.41, 5.74) is 0.546. The van der Waals surface area contributed by atoms with Gasteiger partial charge in [0.25, 0.3) is 0 Å². The Kier molecular flexibility index (Phi) is 5.32. The molecule has 1 saturated heterocycles. The predicted octanol–water partition coefficient (Wildman–Crippen LogP) is 3.32. The van der Waals surface area contributed by atoms with Crippen LogP contribution in [-0.2, 0) is 9.59 Å². The molecule has 2 aromatic rings. The molecule has 1 aliphatic heterocycles. The highest BCUT2D eigenvalue weighted by atomic mass is 35.5. The summed E-state index contributed by atoms with van der Waals surface area (Å²) in [6, 6.07) is 11.7. The quantitative estimate of drug-likeness (QED) is 0.592. The van der Waals surface area contributed by atoms with Gasteiger partial charge in [0.1, 0.15) is 17.2 Å². The van der Waals surface area contributed by atoms with Gasteiger partial charge in [-0.1, -0.05) is 11.6 Å². The van der Waals surface area contributed by atoms with Crippen molar-refractivity contribution in [2.24, 2.45) is 5.92 Å². The number of benzene rings is 2. The van der Waals surface area contributed by atoms with Crippen LogP contribution in [0.5, 0.6) is 17.2 Å². The van der Waals surface area contributed by atoms with Crippen LogP contribution in [0.1, 0.15) is 6.42 Å². The largest absolute Gasteiger partial charge is 0.497 e. The van der Waals surface area contributed by atoms with Gasteiger partial charge in [0.15, 0.2) is 0 Å². The maximum Gasteiger partial charge on any atom is 0.316 e. The lowest BCUT2D eigenvalue weighted by Crippen LogP contribution is -2.27. The zero-order chi connectivity index (χ0) is 18.7. The fourth-order valence-electron chi connectivity index (χ4n) is 2.82. The zero-order valence-corrected chi connectivity index (χ0v) is 15.2. The van der Waals surface area contributed by atoms with Crippen LogP contribution in [-0.4, -0.2) is 32.6 Å². The van der Waals surface area contributed by atoms with Crippen LogP contribution in [0.4, 0.5) is 5.69 Å². The lowest BCUT2D eigenvalue weighted by atomic mass is 10.1. The molecule has 6 nitrogen and oxygen atoms in total. The first-order valence-electron chi connectivity index (χ1n) is 8.01. The number of anilines is 1. The molecule has 0 N–H and O–H groups in total. The maximum absolute atomic E-state index is 12.4. The highest BCUT2D eigenvalue weighted by Crippen LogP contribution is 2.35. The van der Waals surface area contributed by atoms with Crippen molar-refractivity contribution in [3.05, 3.63) is 47.5 Å². The van der Waals surface area contributed by atoms with E-state index in [2.05, 4.69) is 0 Å². The van der Waals surface area contributed by atoms with E-state index in [0.29, 0.717) is 28.0 Å². The van der Waals surface area contributed by atoms with E-state index >= 15 is 0 Å². The van der Waals surface area contributed by atoms with E-state index in [1.54, 1.807) is 49.6 Å². The molecule has 0 bridgehead atoms. The summed E-state index contributed by atoms with van der Waals surface area (Å²) in [5.74, 6) is 0.400.